The van der Waals surface area contributed by atoms with Crippen molar-refractivity contribution in [2.45, 2.75) is 33.7 Å². The van der Waals surface area contributed by atoms with Crippen molar-refractivity contribution in [3.05, 3.63) is 23.2 Å². The predicted molar refractivity (Wildman–Crippen MR) is 80.4 cm³/mol. The average molecular weight is 277 g/mol. The maximum atomic E-state index is 12.1. The van der Waals surface area contributed by atoms with Crippen LogP contribution in [0.5, 0.6) is 0 Å². The molecule has 0 bridgehead atoms. The number of anilines is 1. The topological polar surface area (TPSA) is 68.0 Å². The lowest BCUT2D eigenvalue weighted by molar-refractivity contribution is -0.119. The number of hydrogen-bond acceptors (Lipinski definition) is 4. The third-order valence-corrected chi connectivity index (χ3v) is 3.91. The Bertz CT molecular complexity index is 613. The van der Waals surface area contributed by atoms with E-state index >= 15 is 0 Å². The zero-order chi connectivity index (χ0) is 14.2. The molecule has 5 heteroatoms. The number of benzene rings is 1. The number of fused-ring (bicyclic) bond motifs is 1. The fraction of sp³-hybridized carbons (Fsp3) is 0.429. The summed E-state index contributed by atoms with van der Waals surface area (Å²) in [5.41, 5.74) is 7.41. The highest BCUT2D eigenvalue weighted by atomic mass is 32.1. The lowest BCUT2D eigenvalue weighted by atomic mass is 9.87. The lowest BCUT2D eigenvalue weighted by Crippen LogP contribution is -2.45. The second-order valence-corrected chi connectivity index (χ2v) is 6.98. The lowest BCUT2D eigenvalue weighted by Gasteiger charge is -2.25. The normalized spacial score (nSPS) is 13.5. The molecule has 1 aromatic carbocycles. The highest BCUT2D eigenvalue weighted by Crippen LogP contribution is 2.25. The number of carbonyl (C=O) groups is 1. The van der Waals surface area contributed by atoms with Gasteiger partial charge in [0.15, 0.2) is 0 Å². The van der Waals surface area contributed by atoms with Crippen LogP contribution in [-0.2, 0) is 4.79 Å². The van der Waals surface area contributed by atoms with E-state index in [1.807, 2.05) is 45.9 Å². The van der Waals surface area contributed by atoms with Gasteiger partial charge in [-0.1, -0.05) is 20.8 Å². The summed E-state index contributed by atoms with van der Waals surface area (Å²) in [5, 5.41) is 3.88. The molecule has 1 amide bonds. The van der Waals surface area contributed by atoms with Crippen molar-refractivity contribution < 1.29 is 4.79 Å². The molecule has 2 rings (SSSR count). The Morgan fingerprint density at radius 3 is 2.74 bits per heavy atom. The fourth-order valence-corrected chi connectivity index (χ4v) is 2.60. The first-order valence-electron chi connectivity index (χ1n) is 6.21. The molecule has 0 saturated carbocycles. The minimum absolute atomic E-state index is 0.159. The molecule has 102 valence electrons. The zero-order valence-corrected chi connectivity index (χ0v) is 12.5. The number of carbonyl (C=O) groups excluding carboxylic acids is 1. The van der Waals surface area contributed by atoms with E-state index in [9.17, 15) is 4.79 Å². The Balaban J connectivity index is 2.19. The number of hydrogen-bond donors (Lipinski definition) is 2. The second kappa shape index (κ2) is 4.90. The Labute approximate surface area is 117 Å². The van der Waals surface area contributed by atoms with Crippen LogP contribution in [0.3, 0.4) is 0 Å². The minimum Gasteiger partial charge on any atom is -0.325 e. The predicted octanol–water partition coefficient (Wildman–Crippen LogP) is 2.92. The number of aryl methyl sites for hydroxylation is 1. The monoisotopic (exact) mass is 277 g/mol. The summed E-state index contributed by atoms with van der Waals surface area (Å²) in [6.07, 6.45) is 0. The molecule has 0 saturated heterocycles. The van der Waals surface area contributed by atoms with E-state index in [2.05, 4.69) is 10.3 Å². The van der Waals surface area contributed by atoms with Crippen molar-refractivity contribution >= 4 is 33.1 Å². The first-order valence-corrected chi connectivity index (χ1v) is 7.02. The van der Waals surface area contributed by atoms with Gasteiger partial charge in [0.25, 0.3) is 0 Å². The maximum absolute atomic E-state index is 12.1. The van der Waals surface area contributed by atoms with Crippen LogP contribution in [-0.4, -0.2) is 16.9 Å². The van der Waals surface area contributed by atoms with Gasteiger partial charge >= 0.3 is 0 Å². The van der Waals surface area contributed by atoms with Gasteiger partial charge in [0.2, 0.25) is 5.91 Å². The average Bonchev–Trinajstić information content (AvgIpc) is 2.66. The molecule has 1 aromatic heterocycles. The summed E-state index contributed by atoms with van der Waals surface area (Å²) in [4.78, 5) is 16.4. The largest absolute Gasteiger partial charge is 0.325 e. The van der Waals surface area contributed by atoms with Gasteiger partial charge in [0.05, 0.1) is 21.3 Å². The van der Waals surface area contributed by atoms with Gasteiger partial charge < -0.3 is 11.1 Å². The molecule has 0 fully saturated rings. The summed E-state index contributed by atoms with van der Waals surface area (Å²) in [5.74, 6) is -0.159. The van der Waals surface area contributed by atoms with E-state index in [0.717, 1.165) is 20.9 Å². The number of amides is 1. The van der Waals surface area contributed by atoms with E-state index in [4.69, 9.17) is 5.73 Å². The number of rotatable bonds is 2. The van der Waals surface area contributed by atoms with Crippen molar-refractivity contribution in [2.24, 2.45) is 11.1 Å². The van der Waals surface area contributed by atoms with Crippen LogP contribution in [0.4, 0.5) is 5.69 Å². The van der Waals surface area contributed by atoms with E-state index < -0.39 is 6.04 Å². The quantitative estimate of drug-likeness (QED) is 0.887. The van der Waals surface area contributed by atoms with Gasteiger partial charge in [-0.3, -0.25) is 4.79 Å². The third kappa shape index (κ3) is 3.11. The van der Waals surface area contributed by atoms with Crippen LogP contribution in [0, 0.1) is 12.3 Å². The van der Waals surface area contributed by atoms with Gasteiger partial charge in [0, 0.05) is 5.69 Å². The third-order valence-electron chi connectivity index (χ3n) is 2.98. The molecule has 0 aliphatic heterocycles. The SMILES string of the molecule is Cc1nc2ccc(NC(=O)[C@H](N)C(C)(C)C)cc2s1. The van der Waals surface area contributed by atoms with Gasteiger partial charge in [-0.25, -0.2) is 4.98 Å². The van der Waals surface area contributed by atoms with E-state index in [1.54, 1.807) is 11.3 Å². The van der Waals surface area contributed by atoms with Crippen LogP contribution in [0.1, 0.15) is 25.8 Å². The number of thiazole rings is 1. The Kier molecular flexibility index (Phi) is 3.60. The smallest absolute Gasteiger partial charge is 0.241 e. The van der Waals surface area contributed by atoms with Crippen LogP contribution in [0.2, 0.25) is 0 Å². The Morgan fingerprint density at radius 2 is 2.11 bits per heavy atom. The summed E-state index contributed by atoms with van der Waals surface area (Å²) in [6, 6.07) is 5.17. The van der Waals surface area contributed by atoms with Gasteiger partial charge in [-0.05, 0) is 30.5 Å². The van der Waals surface area contributed by atoms with Gasteiger partial charge in [0.1, 0.15) is 0 Å². The molecule has 0 spiro atoms. The molecular weight excluding hydrogens is 258 g/mol. The minimum atomic E-state index is -0.536. The molecule has 2 aromatic rings. The number of nitrogens with two attached hydrogens (primary N) is 1. The first kappa shape index (κ1) is 14.0. The van der Waals surface area contributed by atoms with Crippen molar-refractivity contribution in [2.75, 3.05) is 5.32 Å². The number of nitrogens with one attached hydrogen (secondary N) is 1. The first-order chi connectivity index (χ1) is 8.77. The molecule has 4 nitrogen and oxygen atoms in total. The summed E-state index contributed by atoms with van der Waals surface area (Å²) in [6.45, 7) is 7.82. The molecule has 1 atom stereocenters. The van der Waals surface area contributed by atoms with Crippen LogP contribution >= 0.6 is 11.3 Å². The highest BCUT2D eigenvalue weighted by molar-refractivity contribution is 7.18. The van der Waals surface area contributed by atoms with Gasteiger partial charge in [-0.15, -0.1) is 11.3 Å². The molecule has 0 unspecified atom stereocenters. The summed E-state index contributed by atoms with van der Waals surface area (Å²) >= 11 is 1.61. The fourth-order valence-electron chi connectivity index (χ4n) is 1.73. The molecule has 19 heavy (non-hydrogen) atoms. The van der Waals surface area contributed by atoms with Crippen LogP contribution < -0.4 is 11.1 Å². The van der Waals surface area contributed by atoms with E-state index in [1.165, 1.54) is 0 Å². The van der Waals surface area contributed by atoms with Gasteiger partial charge in [-0.2, -0.15) is 0 Å². The molecular formula is C14H19N3OS. The van der Waals surface area contributed by atoms with Crippen molar-refractivity contribution in [1.82, 2.24) is 4.98 Å². The van der Waals surface area contributed by atoms with Crippen LogP contribution in [0.25, 0.3) is 10.2 Å². The standard InChI is InChI=1S/C14H19N3OS/c1-8-16-10-6-5-9(7-11(10)19-8)17-13(18)12(15)14(2,3)4/h5-7,12H,15H2,1-4H3,(H,17,18)/t12-/m0/s1. The number of aromatic nitrogens is 1. The van der Waals surface area contributed by atoms with E-state index in [-0.39, 0.29) is 11.3 Å². The van der Waals surface area contributed by atoms with Crippen LogP contribution in [0.15, 0.2) is 18.2 Å². The molecule has 0 aliphatic rings. The van der Waals surface area contributed by atoms with E-state index in [0.29, 0.717) is 0 Å². The number of nitrogens with zero attached hydrogens (tertiary/aromatic N) is 1. The Morgan fingerprint density at radius 1 is 1.42 bits per heavy atom. The molecule has 3 N–H and O–H groups in total. The summed E-state index contributed by atoms with van der Waals surface area (Å²) in [7, 11) is 0. The van der Waals surface area contributed by atoms with Crippen molar-refractivity contribution in [3.63, 3.8) is 0 Å². The zero-order valence-electron chi connectivity index (χ0n) is 11.7. The maximum Gasteiger partial charge on any atom is 0.241 e. The summed E-state index contributed by atoms with van der Waals surface area (Å²) < 4.78 is 1.07. The molecule has 0 aliphatic carbocycles. The molecule has 0 radical (unpaired) electrons. The highest BCUT2D eigenvalue weighted by Gasteiger charge is 2.27. The van der Waals surface area contributed by atoms with Crippen molar-refractivity contribution in [1.29, 1.82) is 0 Å². The second-order valence-electron chi connectivity index (χ2n) is 5.75. The molecule has 1 heterocycles. The Hall–Kier alpha value is -1.46. The van der Waals surface area contributed by atoms with Crippen molar-refractivity contribution in [3.8, 4) is 0 Å².